The molecule has 2 fully saturated rings. The minimum atomic E-state index is -3.99. The largest absolute Gasteiger partial charge is 0.390 e. The van der Waals surface area contributed by atoms with E-state index in [1.54, 1.807) is 13.8 Å². The topological polar surface area (TPSA) is 146 Å². The van der Waals surface area contributed by atoms with Gasteiger partial charge in [-0.3, -0.25) is 23.9 Å². The molecular weight excluding hydrogens is 660 g/mol. The van der Waals surface area contributed by atoms with Gasteiger partial charge >= 0.3 is 5.92 Å². The highest BCUT2D eigenvalue weighted by Crippen LogP contribution is 2.36. The van der Waals surface area contributed by atoms with Gasteiger partial charge in [0.2, 0.25) is 11.8 Å². The minimum Gasteiger partial charge on any atom is -0.390 e. The summed E-state index contributed by atoms with van der Waals surface area (Å²) in [6, 6.07) is 1.96. The highest BCUT2D eigenvalue weighted by atomic mass is 19.3. The van der Waals surface area contributed by atoms with E-state index in [0.717, 1.165) is 24.5 Å². The Kier molecular flexibility index (Phi) is 12.0. The number of halogens is 4. The molecule has 15 heteroatoms. The Morgan fingerprint density at radius 3 is 2.28 bits per heavy atom. The van der Waals surface area contributed by atoms with Crippen molar-refractivity contribution in [2.45, 2.75) is 115 Å². The van der Waals surface area contributed by atoms with Crippen LogP contribution in [0.2, 0.25) is 0 Å². The van der Waals surface area contributed by atoms with Crippen LogP contribution in [0.3, 0.4) is 0 Å². The van der Waals surface area contributed by atoms with Gasteiger partial charge in [0.25, 0.3) is 17.6 Å². The molecular formula is C35H48F4N6O5. The van der Waals surface area contributed by atoms with Gasteiger partial charge in [0.1, 0.15) is 11.9 Å². The monoisotopic (exact) mass is 708 g/mol. The average molecular weight is 709 g/mol. The van der Waals surface area contributed by atoms with Crippen molar-refractivity contribution >= 4 is 29.3 Å². The Bertz CT molecular complexity index is 1550. The fourth-order valence-electron chi connectivity index (χ4n) is 6.48. The van der Waals surface area contributed by atoms with Crippen molar-refractivity contribution in [3.63, 3.8) is 0 Å². The average Bonchev–Trinajstić information content (AvgIpc) is 3.58. The van der Waals surface area contributed by atoms with E-state index in [2.05, 4.69) is 21.0 Å². The van der Waals surface area contributed by atoms with Crippen molar-refractivity contribution in [2.75, 3.05) is 18.4 Å². The number of amides is 4. The number of aliphatic hydroxyl groups is 1. The Balaban J connectivity index is 1.56. The number of piperidine rings is 1. The van der Waals surface area contributed by atoms with Crippen LogP contribution < -0.4 is 16.0 Å². The van der Waals surface area contributed by atoms with Crippen molar-refractivity contribution in [3.8, 4) is 0 Å². The van der Waals surface area contributed by atoms with E-state index in [4.69, 9.17) is 0 Å². The first-order valence-corrected chi connectivity index (χ1v) is 17.3. The van der Waals surface area contributed by atoms with E-state index < -0.39 is 70.2 Å². The van der Waals surface area contributed by atoms with E-state index in [0.29, 0.717) is 38.1 Å². The zero-order valence-corrected chi connectivity index (χ0v) is 29.2. The molecule has 1 aromatic carbocycles. The number of carbonyl (C=O) groups is 4. The van der Waals surface area contributed by atoms with Crippen LogP contribution in [-0.2, 0) is 31.6 Å². The summed E-state index contributed by atoms with van der Waals surface area (Å²) in [4.78, 5) is 53.7. The first kappa shape index (κ1) is 38.8. The molecule has 1 saturated heterocycles. The summed E-state index contributed by atoms with van der Waals surface area (Å²) >= 11 is 0. The second kappa shape index (κ2) is 15.5. The van der Waals surface area contributed by atoms with Crippen LogP contribution in [0, 0.1) is 17.7 Å². The third kappa shape index (κ3) is 8.64. The van der Waals surface area contributed by atoms with Gasteiger partial charge in [-0.2, -0.15) is 13.9 Å². The molecule has 2 aliphatic rings. The SMILES string of the molecule is CCC(=O)N[C@@](F)(C(=O)N1CCC(C)(O)CC1)[C@@H](C)c1ccc(NC(=O)[C@@H](NC(=O)C(F)(F)c2cnn(CC)c2)C2CCC(C)CC2)c(F)c1. The molecule has 1 aliphatic carbocycles. The van der Waals surface area contributed by atoms with Crippen LogP contribution in [0.5, 0.6) is 0 Å². The van der Waals surface area contributed by atoms with Gasteiger partial charge < -0.3 is 26.0 Å². The Labute approximate surface area is 289 Å². The zero-order valence-electron chi connectivity index (χ0n) is 29.2. The Hall–Kier alpha value is -4.01. The van der Waals surface area contributed by atoms with E-state index in [1.807, 2.05) is 6.92 Å². The number of aromatic nitrogens is 2. The molecule has 1 aromatic heterocycles. The number of carbonyl (C=O) groups excluding carboxylic acids is 4. The first-order chi connectivity index (χ1) is 23.4. The van der Waals surface area contributed by atoms with Crippen molar-refractivity contribution in [1.82, 2.24) is 25.3 Å². The number of aryl methyl sites for hydroxylation is 1. The molecule has 0 radical (unpaired) electrons. The Morgan fingerprint density at radius 2 is 1.72 bits per heavy atom. The zero-order chi connectivity index (χ0) is 37.0. The fraction of sp³-hybridized carbons (Fsp3) is 0.629. The van der Waals surface area contributed by atoms with E-state index >= 15 is 17.6 Å². The summed E-state index contributed by atoms with van der Waals surface area (Å²) in [7, 11) is 0. The predicted octanol–water partition coefficient (Wildman–Crippen LogP) is 4.75. The second-order valence-electron chi connectivity index (χ2n) is 14.0. The lowest BCUT2D eigenvalue weighted by molar-refractivity contribution is -0.155. The van der Waals surface area contributed by atoms with Gasteiger partial charge in [0.05, 0.1) is 23.0 Å². The molecule has 11 nitrogen and oxygen atoms in total. The molecule has 0 spiro atoms. The quantitative estimate of drug-likeness (QED) is 0.185. The minimum absolute atomic E-state index is 0.00449. The van der Waals surface area contributed by atoms with Crippen molar-refractivity contribution < 1.29 is 41.8 Å². The second-order valence-corrected chi connectivity index (χ2v) is 14.0. The molecule has 2 aromatic rings. The standard InChI is InChI=1S/C35H48F4N6O5/c1-6-28(46)43-35(39,32(49)44-16-14-33(5,50)15-17-44)22(4)24-12-13-27(26(36)18-24)41-30(47)29(23-10-8-21(3)9-11-23)42-31(48)34(37,38)25-19-40-45(7-2)20-25/h12-13,18-23,29,50H,6-11,14-17H2,1-5H3,(H,41,47)(H,42,48)(H,43,46)/t21?,22-,23?,29-,35+/m0/s1. The molecule has 4 rings (SSSR count). The molecule has 4 amide bonds. The maximum Gasteiger partial charge on any atom is 0.352 e. The number of nitrogens with zero attached hydrogens (tertiary/aromatic N) is 3. The molecule has 276 valence electrons. The normalized spacial score (nSPS) is 21.8. The summed E-state index contributed by atoms with van der Waals surface area (Å²) in [5.74, 6) is -13.8. The lowest BCUT2D eigenvalue weighted by atomic mass is 9.79. The highest BCUT2D eigenvalue weighted by Gasteiger charge is 2.50. The fourth-order valence-corrected chi connectivity index (χ4v) is 6.48. The summed E-state index contributed by atoms with van der Waals surface area (Å²) in [6.45, 7) is 8.58. The number of alkyl halides is 3. The lowest BCUT2D eigenvalue weighted by Gasteiger charge is -2.40. The number of benzene rings is 1. The third-order valence-corrected chi connectivity index (χ3v) is 10.1. The van der Waals surface area contributed by atoms with Crippen LogP contribution in [0.1, 0.15) is 96.6 Å². The molecule has 2 heterocycles. The maximum atomic E-state index is 16.7. The number of likely N-dealkylation sites (tertiary alicyclic amines) is 1. The summed E-state index contributed by atoms with van der Waals surface area (Å²) in [5.41, 5.74) is -2.00. The van der Waals surface area contributed by atoms with Crippen molar-refractivity contribution in [2.24, 2.45) is 11.8 Å². The van der Waals surface area contributed by atoms with Crippen LogP contribution in [0.15, 0.2) is 30.6 Å². The van der Waals surface area contributed by atoms with Gasteiger partial charge in [-0.05, 0) is 69.1 Å². The molecule has 50 heavy (non-hydrogen) atoms. The number of rotatable bonds is 12. The van der Waals surface area contributed by atoms with Crippen molar-refractivity contribution in [3.05, 3.63) is 47.5 Å². The summed E-state index contributed by atoms with van der Waals surface area (Å²) < 4.78 is 64.1. The molecule has 1 aliphatic heterocycles. The number of hydrogen-bond acceptors (Lipinski definition) is 6. The van der Waals surface area contributed by atoms with Gasteiger partial charge in [0, 0.05) is 38.2 Å². The lowest BCUT2D eigenvalue weighted by Crippen LogP contribution is -2.61. The van der Waals surface area contributed by atoms with E-state index in [1.165, 1.54) is 29.5 Å². The Morgan fingerprint density at radius 1 is 1.08 bits per heavy atom. The van der Waals surface area contributed by atoms with Crippen LogP contribution in [0.4, 0.5) is 23.2 Å². The number of anilines is 1. The van der Waals surface area contributed by atoms with Crippen molar-refractivity contribution in [1.29, 1.82) is 0 Å². The van der Waals surface area contributed by atoms with Gasteiger partial charge in [-0.15, -0.1) is 0 Å². The smallest absolute Gasteiger partial charge is 0.352 e. The summed E-state index contributed by atoms with van der Waals surface area (Å²) in [6.07, 6.45) is 4.60. The van der Waals surface area contributed by atoms with Crippen LogP contribution >= 0.6 is 0 Å². The van der Waals surface area contributed by atoms with E-state index in [9.17, 15) is 24.3 Å². The molecule has 0 unspecified atom stereocenters. The van der Waals surface area contributed by atoms with Crippen LogP contribution in [0.25, 0.3) is 0 Å². The molecule has 1 saturated carbocycles. The summed E-state index contributed by atoms with van der Waals surface area (Å²) in [5, 5.41) is 20.9. The van der Waals surface area contributed by atoms with Gasteiger partial charge in [0.15, 0.2) is 0 Å². The highest BCUT2D eigenvalue weighted by molar-refractivity contribution is 5.98. The first-order valence-electron chi connectivity index (χ1n) is 17.3. The van der Waals surface area contributed by atoms with E-state index in [-0.39, 0.29) is 43.6 Å². The van der Waals surface area contributed by atoms with Gasteiger partial charge in [-0.1, -0.05) is 39.7 Å². The number of hydrogen-bond donors (Lipinski definition) is 4. The third-order valence-electron chi connectivity index (χ3n) is 10.1. The molecule has 3 atom stereocenters. The number of nitrogens with one attached hydrogen (secondary N) is 3. The predicted molar refractivity (Wildman–Crippen MR) is 177 cm³/mol. The van der Waals surface area contributed by atoms with Crippen LogP contribution in [-0.4, -0.2) is 73.9 Å². The molecule has 4 N–H and O–H groups in total. The molecule has 0 bridgehead atoms. The van der Waals surface area contributed by atoms with Gasteiger partial charge in [-0.25, -0.2) is 8.78 Å². The maximum absolute atomic E-state index is 16.7.